The molecule has 8 heteroatoms. The Balaban J connectivity index is 1.50. The number of unbranched alkanes of at least 4 members (excludes halogenated alkanes) is 1. The Morgan fingerprint density at radius 3 is 2.93 bits per heavy atom. The first-order valence-electron chi connectivity index (χ1n) is 9.63. The van der Waals surface area contributed by atoms with Gasteiger partial charge in [-0.05, 0) is 30.5 Å². The van der Waals surface area contributed by atoms with E-state index in [1.807, 2.05) is 12.1 Å². The van der Waals surface area contributed by atoms with Crippen molar-refractivity contribution in [3.05, 3.63) is 35.6 Å². The predicted octanol–water partition coefficient (Wildman–Crippen LogP) is 0.180. The lowest BCUT2D eigenvalue weighted by atomic mass is 9.94. The number of morpholine rings is 1. The molecule has 7 nitrogen and oxygen atoms in total. The maximum Gasteiger partial charge on any atom is 0.250 e. The summed E-state index contributed by atoms with van der Waals surface area (Å²) in [6.07, 6.45) is 0.987. The Hall–Kier alpha value is -1.58. The maximum atomic E-state index is 13.2. The third-order valence-electron chi connectivity index (χ3n) is 5.14. The highest BCUT2D eigenvalue weighted by Crippen LogP contribution is 2.26. The molecule has 3 unspecified atom stereocenters. The van der Waals surface area contributed by atoms with Gasteiger partial charge in [-0.3, -0.25) is 15.1 Å². The highest BCUT2D eigenvalue weighted by molar-refractivity contribution is 5.81. The van der Waals surface area contributed by atoms with E-state index in [0.717, 1.165) is 31.6 Å². The van der Waals surface area contributed by atoms with Gasteiger partial charge in [0.2, 0.25) is 5.91 Å². The predicted molar refractivity (Wildman–Crippen MR) is 99.3 cm³/mol. The summed E-state index contributed by atoms with van der Waals surface area (Å²) in [6.45, 7) is 4.24. The van der Waals surface area contributed by atoms with Crippen LogP contribution in [-0.4, -0.2) is 68.0 Å². The Morgan fingerprint density at radius 2 is 2.15 bits per heavy atom. The molecule has 0 saturated carbocycles. The molecule has 2 aliphatic rings. The third kappa shape index (κ3) is 5.70. The maximum absolute atomic E-state index is 13.2. The molecule has 150 valence electrons. The average molecular weight is 380 g/mol. The van der Waals surface area contributed by atoms with Crippen LogP contribution in [0, 0.1) is 11.7 Å². The van der Waals surface area contributed by atoms with Crippen LogP contribution in [0.25, 0.3) is 0 Å². The summed E-state index contributed by atoms with van der Waals surface area (Å²) in [5.74, 6) is -0.000462. The molecule has 2 fully saturated rings. The van der Waals surface area contributed by atoms with Crippen molar-refractivity contribution < 1.29 is 19.0 Å². The molecule has 0 aromatic heterocycles. The molecule has 1 aromatic rings. The van der Waals surface area contributed by atoms with Gasteiger partial charge in [-0.2, -0.15) is 0 Å². The van der Waals surface area contributed by atoms with Gasteiger partial charge in [-0.25, -0.2) is 9.82 Å². The lowest BCUT2D eigenvalue weighted by Gasteiger charge is -2.34. The second kappa shape index (κ2) is 10.1. The van der Waals surface area contributed by atoms with E-state index in [9.17, 15) is 9.18 Å². The molecule has 2 aliphatic heterocycles. The van der Waals surface area contributed by atoms with Gasteiger partial charge in [0.25, 0.3) is 0 Å². The van der Waals surface area contributed by atoms with Crippen molar-refractivity contribution in [1.29, 1.82) is 0 Å². The second-order valence-corrected chi connectivity index (χ2v) is 7.16. The number of carbonyl (C=O) groups is 1. The molecular weight excluding hydrogens is 351 g/mol. The number of benzene rings is 1. The van der Waals surface area contributed by atoms with E-state index in [0.29, 0.717) is 32.0 Å². The minimum Gasteiger partial charge on any atom is -0.396 e. The lowest BCUT2D eigenvalue weighted by Crippen LogP contribution is -2.51. The fraction of sp³-hybridized carbons (Fsp3) is 0.632. The van der Waals surface area contributed by atoms with E-state index in [-0.39, 0.29) is 24.4 Å². The summed E-state index contributed by atoms with van der Waals surface area (Å²) in [5, 5.41) is 11.7. The van der Waals surface area contributed by atoms with Crippen LogP contribution in [0.2, 0.25) is 0 Å². The van der Waals surface area contributed by atoms with Crippen molar-refractivity contribution in [2.45, 2.75) is 25.0 Å². The minimum absolute atomic E-state index is 0.0876. The van der Waals surface area contributed by atoms with Gasteiger partial charge >= 0.3 is 0 Å². The van der Waals surface area contributed by atoms with Gasteiger partial charge in [0, 0.05) is 45.2 Å². The number of aliphatic hydroxyl groups is 1. The number of rotatable bonds is 8. The number of aliphatic hydroxyl groups excluding tert-OH is 1. The van der Waals surface area contributed by atoms with Crippen molar-refractivity contribution in [1.82, 2.24) is 21.1 Å². The first kappa shape index (κ1) is 20.2. The minimum atomic E-state index is -0.459. The van der Waals surface area contributed by atoms with Crippen LogP contribution >= 0.6 is 0 Å². The number of amides is 1. The highest BCUT2D eigenvalue weighted by Gasteiger charge is 2.33. The van der Waals surface area contributed by atoms with E-state index in [2.05, 4.69) is 21.1 Å². The standard InChI is InChI=1S/C19H29FN4O3/c20-16-5-3-14(4-6-16)18-15(11-22-23-18)12-24-8-10-27-17(13-24)19(26)21-7-1-2-9-25/h3-6,15,17-18,22-23,25H,1-2,7-13H2,(H,21,26). The quantitative estimate of drug-likeness (QED) is 0.482. The molecule has 0 radical (unpaired) electrons. The molecule has 3 atom stereocenters. The summed E-state index contributed by atoms with van der Waals surface area (Å²) in [4.78, 5) is 14.5. The summed E-state index contributed by atoms with van der Waals surface area (Å²) < 4.78 is 18.8. The number of nitrogens with one attached hydrogen (secondary N) is 3. The molecule has 0 aliphatic carbocycles. The van der Waals surface area contributed by atoms with Gasteiger partial charge in [-0.15, -0.1) is 0 Å². The van der Waals surface area contributed by atoms with Gasteiger partial charge in [0.1, 0.15) is 11.9 Å². The Morgan fingerprint density at radius 1 is 1.33 bits per heavy atom. The van der Waals surface area contributed by atoms with Gasteiger partial charge < -0.3 is 15.2 Å². The zero-order chi connectivity index (χ0) is 19.1. The van der Waals surface area contributed by atoms with Crippen LogP contribution in [0.3, 0.4) is 0 Å². The normalized spacial score (nSPS) is 26.2. The fourth-order valence-corrected chi connectivity index (χ4v) is 3.65. The van der Waals surface area contributed by atoms with Gasteiger partial charge in [0.15, 0.2) is 0 Å². The molecular formula is C19H29FN4O3. The second-order valence-electron chi connectivity index (χ2n) is 7.16. The number of hydrogen-bond acceptors (Lipinski definition) is 6. The Kier molecular flexibility index (Phi) is 7.54. The topological polar surface area (TPSA) is 85.9 Å². The molecule has 0 bridgehead atoms. The number of carbonyl (C=O) groups excluding carboxylic acids is 1. The first-order chi connectivity index (χ1) is 13.2. The molecule has 1 aromatic carbocycles. The van der Waals surface area contributed by atoms with Crippen molar-refractivity contribution in [2.75, 3.05) is 45.9 Å². The largest absolute Gasteiger partial charge is 0.396 e. The summed E-state index contributed by atoms with van der Waals surface area (Å²) >= 11 is 0. The van der Waals surface area contributed by atoms with E-state index in [4.69, 9.17) is 9.84 Å². The van der Waals surface area contributed by atoms with Crippen molar-refractivity contribution in [2.24, 2.45) is 5.92 Å². The van der Waals surface area contributed by atoms with Crippen molar-refractivity contribution >= 4 is 5.91 Å². The monoisotopic (exact) mass is 380 g/mol. The zero-order valence-corrected chi connectivity index (χ0v) is 15.5. The molecule has 1 amide bonds. The molecule has 3 rings (SSSR count). The molecule has 2 saturated heterocycles. The number of hydrogen-bond donors (Lipinski definition) is 4. The van der Waals surface area contributed by atoms with E-state index in [1.54, 1.807) is 0 Å². The van der Waals surface area contributed by atoms with Gasteiger partial charge in [-0.1, -0.05) is 12.1 Å². The average Bonchev–Trinajstić information content (AvgIpc) is 3.14. The highest BCUT2D eigenvalue weighted by atomic mass is 19.1. The lowest BCUT2D eigenvalue weighted by molar-refractivity contribution is -0.138. The fourth-order valence-electron chi connectivity index (χ4n) is 3.65. The van der Waals surface area contributed by atoms with E-state index < -0.39 is 6.10 Å². The van der Waals surface area contributed by atoms with Crippen molar-refractivity contribution in [3.8, 4) is 0 Å². The smallest absolute Gasteiger partial charge is 0.250 e. The summed E-state index contributed by atoms with van der Waals surface area (Å²) in [7, 11) is 0. The molecule has 27 heavy (non-hydrogen) atoms. The number of hydrazine groups is 1. The van der Waals surface area contributed by atoms with Crippen molar-refractivity contribution in [3.63, 3.8) is 0 Å². The van der Waals surface area contributed by atoms with Crippen LogP contribution in [0.15, 0.2) is 24.3 Å². The van der Waals surface area contributed by atoms with Crippen LogP contribution in [0.1, 0.15) is 24.4 Å². The van der Waals surface area contributed by atoms with E-state index >= 15 is 0 Å². The van der Waals surface area contributed by atoms with E-state index in [1.165, 1.54) is 12.1 Å². The molecule has 2 heterocycles. The first-order valence-corrected chi connectivity index (χ1v) is 9.63. The molecule has 0 spiro atoms. The zero-order valence-electron chi connectivity index (χ0n) is 15.5. The summed E-state index contributed by atoms with van der Waals surface area (Å²) in [5.41, 5.74) is 7.53. The van der Waals surface area contributed by atoms with Crippen LogP contribution in [0.5, 0.6) is 0 Å². The van der Waals surface area contributed by atoms with Crippen LogP contribution < -0.4 is 16.2 Å². The SMILES string of the molecule is O=C(NCCCCO)C1CN(CC2CNNC2c2ccc(F)cc2)CCO1. The van der Waals surface area contributed by atoms with Crippen LogP contribution in [-0.2, 0) is 9.53 Å². The van der Waals surface area contributed by atoms with Crippen LogP contribution in [0.4, 0.5) is 4.39 Å². The number of ether oxygens (including phenoxy) is 1. The number of halogens is 1. The Labute approximate surface area is 159 Å². The Bertz CT molecular complexity index is 601. The van der Waals surface area contributed by atoms with Gasteiger partial charge in [0.05, 0.1) is 12.6 Å². The number of nitrogens with zero attached hydrogens (tertiary/aromatic N) is 1. The third-order valence-corrected chi connectivity index (χ3v) is 5.14. The summed E-state index contributed by atoms with van der Waals surface area (Å²) in [6, 6.07) is 6.71. The molecule has 4 N–H and O–H groups in total.